The summed E-state index contributed by atoms with van der Waals surface area (Å²) in [5.74, 6) is -0.334. The second-order valence-corrected chi connectivity index (χ2v) is 8.03. The van der Waals surface area contributed by atoms with Crippen LogP contribution in [0.1, 0.15) is 27.3 Å². The summed E-state index contributed by atoms with van der Waals surface area (Å²) in [7, 11) is 0. The number of aryl methyl sites for hydroxylation is 1. The maximum atomic E-state index is 13.4. The van der Waals surface area contributed by atoms with Crippen molar-refractivity contribution in [3.8, 4) is 23.0 Å². The molecule has 0 fully saturated rings. The van der Waals surface area contributed by atoms with Gasteiger partial charge in [0.25, 0.3) is 0 Å². The highest BCUT2D eigenvalue weighted by atomic mass is 16.1. The van der Waals surface area contributed by atoms with E-state index in [1.54, 1.807) is 28.9 Å². The Morgan fingerprint density at radius 1 is 0.824 bits per heavy atom. The quantitative estimate of drug-likeness (QED) is 0.212. The first-order valence-electron chi connectivity index (χ1n) is 10.8. The average molecular weight is 439 g/mol. The highest BCUT2D eigenvalue weighted by molar-refractivity contribution is 6.20. The van der Waals surface area contributed by atoms with Gasteiger partial charge < -0.3 is 0 Å². The summed E-state index contributed by atoms with van der Waals surface area (Å²) in [6.07, 6.45) is 0. The monoisotopic (exact) mass is 439 g/mol. The molecule has 6 nitrogen and oxygen atoms in total. The molecule has 2 heterocycles. The number of carbonyl (C=O) groups is 1. The Kier molecular flexibility index (Phi) is 4.42. The fraction of sp³-hybridized carbons (Fsp3) is 0.0357. The molecule has 6 heteroatoms. The summed E-state index contributed by atoms with van der Waals surface area (Å²) < 4.78 is 1.78. The highest BCUT2D eigenvalue weighted by Crippen LogP contribution is 2.45. The van der Waals surface area contributed by atoms with E-state index >= 15 is 0 Å². The number of hydrogen-bond acceptors (Lipinski definition) is 5. The SMILES string of the molecule is Cc1nn(-c2ccccc2)c2nc3c(nc12)/C(=C(/C#N)C(=O)c1ccccc1)c1ccccc1-3. The lowest BCUT2D eigenvalue weighted by Crippen LogP contribution is -2.06. The number of fused-ring (bicyclic) bond motifs is 4. The maximum Gasteiger partial charge on any atom is 0.204 e. The number of nitriles is 1. The number of benzene rings is 3. The summed E-state index contributed by atoms with van der Waals surface area (Å²) >= 11 is 0. The molecule has 0 saturated carbocycles. The van der Waals surface area contributed by atoms with Crippen LogP contribution in [0, 0.1) is 18.3 Å². The number of Topliss-reactive ketones (excluding diaryl/α,β-unsaturated/α-hetero) is 1. The third-order valence-corrected chi connectivity index (χ3v) is 5.98. The fourth-order valence-electron chi connectivity index (χ4n) is 4.42. The first kappa shape index (κ1) is 19.8. The van der Waals surface area contributed by atoms with Gasteiger partial charge >= 0.3 is 0 Å². The largest absolute Gasteiger partial charge is 0.288 e. The van der Waals surface area contributed by atoms with E-state index < -0.39 is 0 Å². The van der Waals surface area contributed by atoms with Crippen LogP contribution in [0.2, 0.25) is 0 Å². The topological polar surface area (TPSA) is 84.5 Å². The molecule has 0 unspecified atom stereocenters. The summed E-state index contributed by atoms with van der Waals surface area (Å²) in [4.78, 5) is 23.3. The van der Waals surface area contributed by atoms with Gasteiger partial charge in [-0.25, -0.2) is 14.6 Å². The van der Waals surface area contributed by atoms with Crippen molar-refractivity contribution in [1.29, 1.82) is 5.26 Å². The standard InChI is InChI=1S/C28H17N5O/c1-17-24-28(33(32-17)19-12-6-3-7-13-19)31-25-21-15-9-8-14-20(21)23(26(25)30-24)22(16-29)27(34)18-10-4-2-5-11-18/h2-15H,1H3/b23-22-. The van der Waals surface area contributed by atoms with Gasteiger partial charge in [-0.15, -0.1) is 0 Å². The molecule has 1 aliphatic rings. The van der Waals surface area contributed by atoms with Gasteiger partial charge in [0.05, 0.1) is 22.8 Å². The predicted molar refractivity (Wildman–Crippen MR) is 129 cm³/mol. The van der Waals surface area contributed by atoms with Gasteiger partial charge in [-0.3, -0.25) is 4.79 Å². The van der Waals surface area contributed by atoms with Gasteiger partial charge in [-0.2, -0.15) is 10.4 Å². The lowest BCUT2D eigenvalue weighted by Gasteiger charge is -2.07. The Balaban J connectivity index is 1.66. The fourth-order valence-corrected chi connectivity index (χ4v) is 4.42. The van der Waals surface area contributed by atoms with Crippen molar-refractivity contribution in [3.63, 3.8) is 0 Å². The number of nitrogens with zero attached hydrogens (tertiary/aromatic N) is 5. The molecule has 0 atom stereocenters. The van der Waals surface area contributed by atoms with Crippen LogP contribution in [0.15, 0.2) is 90.5 Å². The Bertz CT molecular complexity index is 1680. The summed E-state index contributed by atoms with van der Waals surface area (Å²) in [5, 5.41) is 14.8. The molecule has 1 aliphatic carbocycles. The molecule has 0 aliphatic heterocycles. The third-order valence-electron chi connectivity index (χ3n) is 5.98. The number of hydrogen-bond donors (Lipinski definition) is 0. The molecule has 2 aromatic heterocycles. The zero-order valence-corrected chi connectivity index (χ0v) is 18.2. The molecule has 0 spiro atoms. The van der Waals surface area contributed by atoms with Crippen molar-refractivity contribution >= 4 is 22.5 Å². The van der Waals surface area contributed by atoms with Crippen molar-refractivity contribution in [2.45, 2.75) is 6.92 Å². The maximum absolute atomic E-state index is 13.4. The van der Waals surface area contributed by atoms with Gasteiger partial charge in [0.1, 0.15) is 17.2 Å². The van der Waals surface area contributed by atoms with Crippen molar-refractivity contribution in [1.82, 2.24) is 19.7 Å². The van der Waals surface area contributed by atoms with E-state index in [1.807, 2.05) is 67.6 Å². The highest BCUT2D eigenvalue weighted by Gasteiger charge is 2.33. The van der Waals surface area contributed by atoms with E-state index in [0.717, 1.165) is 22.5 Å². The molecule has 0 N–H and O–H groups in total. The number of para-hydroxylation sites is 1. The first-order valence-corrected chi connectivity index (χ1v) is 10.8. The van der Waals surface area contributed by atoms with Gasteiger partial charge in [-0.1, -0.05) is 72.8 Å². The molecule has 0 amide bonds. The van der Waals surface area contributed by atoms with Crippen molar-refractivity contribution < 1.29 is 4.79 Å². The van der Waals surface area contributed by atoms with Crippen LogP contribution in [-0.4, -0.2) is 25.5 Å². The lowest BCUT2D eigenvalue weighted by atomic mass is 9.95. The number of aromatic nitrogens is 4. The van der Waals surface area contributed by atoms with E-state index in [9.17, 15) is 10.1 Å². The van der Waals surface area contributed by atoms with Gasteiger partial charge in [-0.05, 0) is 24.6 Å². The van der Waals surface area contributed by atoms with Crippen molar-refractivity contribution in [2.75, 3.05) is 0 Å². The number of ketones is 1. The molecular formula is C28H17N5O. The lowest BCUT2D eigenvalue weighted by molar-refractivity contribution is 0.103. The smallest absolute Gasteiger partial charge is 0.204 e. The third kappa shape index (κ3) is 2.88. The Morgan fingerprint density at radius 2 is 1.47 bits per heavy atom. The molecule has 0 saturated heterocycles. The molecule has 5 aromatic rings. The predicted octanol–water partition coefficient (Wildman–Crippen LogP) is 5.31. The minimum atomic E-state index is -0.334. The molecule has 34 heavy (non-hydrogen) atoms. The minimum absolute atomic E-state index is 0.0548. The van der Waals surface area contributed by atoms with E-state index in [4.69, 9.17) is 9.97 Å². The summed E-state index contributed by atoms with van der Waals surface area (Å²) in [6, 6.07) is 28.4. The number of rotatable bonds is 3. The zero-order chi connectivity index (χ0) is 23.2. The van der Waals surface area contributed by atoms with E-state index in [2.05, 4.69) is 11.2 Å². The van der Waals surface area contributed by atoms with Crippen LogP contribution in [0.4, 0.5) is 0 Å². The Hall–Kier alpha value is -4.89. The van der Waals surface area contributed by atoms with E-state index in [0.29, 0.717) is 33.7 Å². The van der Waals surface area contributed by atoms with Crippen LogP contribution in [0.3, 0.4) is 0 Å². The Morgan fingerprint density at radius 3 is 2.18 bits per heavy atom. The molecule has 6 rings (SSSR count). The minimum Gasteiger partial charge on any atom is -0.288 e. The average Bonchev–Trinajstić information content (AvgIpc) is 3.39. The van der Waals surface area contributed by atoms with Crippen LogP contribution in [-0.2, 0) is 0 Å². The first-order chi connectivity index (χ1) is 16.7. The second kappa shape index (κ2) is 7.61. The molecule has 0 bridgehead atoms. The zero-order valence-electron chi connectivity index (χ0n) is 18.2. The van der Waals surface area contributed by atoms with Gasteiger partial charge in [0, 0.05) is 16.7 Å². The Labute approximate surface area is 195 Å². The second-order valence-electron chi connectivity index (χ2n) is 8.03. The summed E-state index contributed by atoms with van der Waals surface area (Å²) in [6.45, 7) is 1.88. The van der Waals surface area contributed by atoms with Crippen LogP contribution in [0.25, 0.3) is 33.7 Å². The normalized spacial score (nSPS) is 13.3. The number of carbonyl (C=O) groups excluding carboxylic acids is 1. The molecule has 160 valence electrons. The van der Waals surface area contributed by atoms with Gasteiger partial charge in [0.15, 0.2) is 5.65 Å². The van der Waals surface area contributed by atoms with E-state index in [1.165, 1.54) is 0 Å². The van der Waals surface area contributed by atoms with Crippen LogP contribution >= 0.6 is 0 Å². The van der Waals surface area contributed by atoms with Crippen molar-refractivity contribution in [3.05, 3.63) is 113 Å². The molecule has 3 aromatic carbocycles. The van der Waals surface area contributed by atoms with Crippen LogP contribution < -0.4 is 0 Å². The van der Waals surface area contributed by atoms with Crippen molar-refractivity contribution in [2.24, 2.45) is 0 Å². The molecule has 0 radical (unpaired) electrons. The summed E-state index contributed by atoms with van der Waals surface area (Å²) in [5.41, 5.74) is 6.70. The van der Waals surface area contributed by atoms with Crippen LogP contribution in [0.5, 0.6) is 0 Å². The van der Waals surface area contributed by atoms with Gasteiger partial charge in [0.2, 0.25) is 5.78 Å². The number of allylic oxidation sites excluding steroid dienone is 1. The van der Waals surface area contributed by atoms with E-state index in [-0.39, 0.29) is 11.4 Å². The molecular weight excluding hydrogens is 422 g/mol.